The van der Waals surface area contributed by atoms with Gasteiger partial charge in [-0.15, -0.1) is 0 Å². The van der Waals surface area contributed by atoms with Crippen molar-refractivity contribution in [1.29, 1.82) is 0 Å². The fourth-order valence-electron chi connectivity index (χ4n) is 1.66. The molecule has 2 aromatic heterocycles. The predicted molar refractivity (Wildman–Crippen MR) is 70.4 cm³/mol. The van der Waals surface area contributed by atoms with Gasteiger partial charge in [-0.3, -0.25) is 14.8 Å². The van der Waals surface area contributed by atoms with Gasteiger partial charge in [-0.1, -0.05) is 6.07 Å². The smallest absolute Gasteiger partial charge is 0.251 e. The highest BCUT2D eigenvalue weighted by atomic mass is 16.3. The van der Waals surface area contributed by atoms with Gasteiger partial charge in [0.2, 0.25) is 0 Å². The van der Waals surface area contributed by atoms with Crippen LogP contribution in [0.15, 0.2) is 42.9 Å². The summed E-state index contributed by atoms with van der Waals surface area (Å²) in [5.74, 6) is -0.162. The first-order valence-electron chi connectivity index (χ1n) is 6.02. The summed E-state index contributed by atoms with van der Waals surface area (Å²) in [4.78, 5) is 20.0. The first-order chi connectivity index (χ1) is 9.29. The fourth-order valence-corrected chi connectivity index (χ4v) is 1.66. The Hall–Kier alpha value is -2.27. The van der Waals surface area contributed by atoms with E-state index >= 15 is 0 Å². The Morgan fingerprint density at radius 1 is 1.32 bits per heavy atom. The van der Waals surface area contributed by atoms with Gasteiger partial charge in [0.25, 0.3) is 5.91 Å². The minimum Gasteiger partial charge on any atom is -0.396 e. The van der Waals surface area contributed by atoms with Crippen LogP contribution in [0.4, 0.5) is 0 Å². The SMILES string of the molecule is O=C(NCc1cccnc1)c1ccnc(CCO)c1. The Balaban J connectivity index is 1.98. The van der Waals surface area contributed by atoms with Crippen LogP contribution in [0.5, 0.6) is 0 Å². The standard InChI is InChI=1S/C14H15N3O2/c18-7-4-13-8-12(3-6-16-13)14(19)17-10-11-2-1-5-15-9-11/h1-3,5-6,8-9,18H,4,7,10H2,(H,17,19). The van der Waals surface area contributed by atoms with Gasteiger partial charge in [0.05, 0.1) is 0 Å². The van der Waals surface area contributed by atoms with Crippen molar-refractivity contribution in [3.8, 4) is 0 Å². The van der Waals surface area contributed by atoms with Crippen molar-refractivity contribution in [3.63, 3.8) is 0 Å². The lowest BCUT2D eigenvalue weighted by Crippen LogP contribution is -2.23. The van der Waals surface area contributed by atoms with Crippen LogP contribution >= 0.6 is 0 Å². The molecule has 5 nitrogen and oxygen atoms in total. The van der Waals surface area contributed by atoms with Crippen LogP contribution < -0.4 is 5.32 Å². The van der Waals surface area contributed by atoms with Crippen molar-refractivity contribution in [2.45, 2.75) is 13.0 Å². The monoisotopic (exact) mass is 257 g/mol. The molecule has 0 saturated heterocycles. The molecule has 0 aliphatic rings. The van der Waals surface area contributed by atoms with Crippen molar-refractivity contribution in [2.24, 2.45) is 0 Å². The average Bonchev–Trinajstić information content (AvgIpc) is 2.46. The molecule has 0 atom stereocenters. The number of nitrogens with one attached hydrogen (secondary N) is 1. The number of carbonyl (C=O) groups is 1. The molecule has 0 radical (unpaired) electrons. The summed E-state index contributed by atoms with van der Waals surface area (Å²) in [6, 6.07) is 7.07. The molecule has 0 aliphatic carbocycles. The largest absolute Gasteiger partial charge is 0.396 e. The van der Waals surface area contributed by atoms with E-state index in [1.54, 1.807) is 30.7 Å². The molecule has 0 bridgehead atoms. The lowest BCUT2D eigenvalue weighted by atomic mass is 10.2. The quantitative estimate of drug-likeness (QED) is 0.836. The van der Waals surface area contributed by atoms with Crippen molar-refractivity contribution in [1.82, 2.24) is 15.3 Å². The van der Waals surface area contributed by atoms with Gasteiger partial charge in [0, 0.05) is 49.4 Å². The van der Waals surface area contributed by atoms with Gasteiger partial charge < -0.3 is 10.4 Å². The molecule has 0 fully saturated rings. The third-order valence-corrected chi connectivity index (χ3v) is 2.62. The summed E-state index contributed by atoms with van der Waals surface area (Å²) in [6.07, 6.45) is 5.42. The molecule has 0 spiro atoms. The summed E-state index contributed by atoms with van der Waals surface area (Å²) < 4.78 is 0. The zero-order chi connectivity index (χ0) is 13.5. The van der Waals surface area contributed by atoms with Crippen LogP contribution in [-0.2, 0) is 13.0 Å². The minimum absolute atomic E-state index is 0.0216. The van der Waals surface area contributed by atoms with E-state index in [-0.39, 0.29) is 12.5 Å². The zero-order valence-corrected chi connectivity index (χ0v) is 10.4. The molecule has 1 amide bonds. The Bertz CT molecular complexity index is 543. The highest BCUT2D eigenvalue weighted by Gasteiger charge is 2.06. The van der Waals surface area contributed by atoms with Crippen LogP contribution in [0.3, 0.4) is 0 Å². The molecule has 2 heterocycles. The van der Waals surface area contributed by atoms with E-state index in [1.807, 2.05) is 12.1 Å². The normalized spacial score (nSPS) is 10.2. The average molecular weight is 257 g/mol. The summed E-state index contributed by atoms with van der Waals surface area (Å²) >= 11 is 0. The summed E-state index contributed by atoms with van der Waals surface area (Å²) in [5.41, 5.74) is 2.19. The minimum atomic E-state index is -0.162. The lowest BCUT2D eigenvalue weighted by molar-refractivity contribution is 0.0950. The maximum absolute atomic E-state index is 12.0. The Morgan fingerprint density at radius 3 is 2.95 bits per heavy atom. The molecule has 2 aromatic rings. The summed E-state index contributed by atoms with van der Waals surface area (Å²) in [6.45, 7) is 0.456. The zero-order valence-electron chi connectivity index (χ0n) is 10.4. The number of carbonyl (C=O) groups excluding carboxylic acids is 1. The second kappa shape index (κ2) is 6.61. The predicted octanol–water partition coefficient (Wildman–Crippen LogP) is 0.941. The van der Waals surface area contributed by atoms with Crippen molar-refractivity contribution < 1.29 is 9.90 Å². The molecule has 0 unspecified atom stereocenters. The number of rotatable bonds is 5. The molecular weight excluding hydrogens is 242 g/mol. The van der Waals surface area contributed by atoms with Crippen LogP contribution in [0.25, 0.3) is 0 Å². The first kappa shape index (κ1) is 13.2. The molecule has 2 rings (SSSR count). The van der Waals surface area contributed by atoms with E-state index < -0.39 is 0 Å². The topological polar surface area (TPSA) is 75.1 Å². The number of aliphatic hydroxyl groups excluding tert-OH is 1. The van der Waals surface area contributed by atoms with E-state index in [0.717, 1.165) is 5.56 Å². The Kier molecular flexibility index (Phi) is 4.58. The molecule has 0 aromatic carbocycles. The third-order valence-electron chi connectivity index (χ3n) is 2.62. The molecule has 5 heteroatoms. The van der Waals surface area contributed by atoms with Crippen molar-refractivity contribution >= 4 is 5.91 Å². The highest BCUT2D eigenvalue weighted by molar-refractivity contribution is 5.94. The van der Waals surface area contributed by atoms with E-state index in [9.17, 15) is 4.79 Å². The van der Waals surface area contributed by atoms with E-state index in [4.69, 9.17) is 5.11 Å². The second-order valence-electron chi connectivity index (χ2n) is 4.05. The number of pyridine rings is 2. The Labute approximate surface area is 111 Å². The molecule has 19 heavy (non-hydrogen) atoms. The van der Waals surface area contributed by atoms with Gasteiger partial charge in [-0.05, 0) is 23.8 Å². The maximum atomic E-state index is 12.0. The first-order valence-corrected chi connectivity index (χ1v) is 6.02. The van der Waals surface area contributed by atoms with Gasteiger partial charge >= 0.3 is 0 Å². The number of hydrogen-bond donors (Lipinski definition) is 2. The molecule has 0 aliphatic heterocycles. The molecular formula is C14H15N3O2. The second-order valence-corrected chi connectivity index (χ2v) is 4.05. The lowest BCUT2D eigenvalue weighted by Gasteiger charge is -2.06. The highest BCUT2D eigenvalue weighted by Crippen LogP contribution is 2.03. The van der Waals surface area contributed by atoms with Gasteiger partial charge in [0.15, 0.2) is 0 Å². The number of amides is 1. The van der Waals surface area contributed by atoms with Crippen molar-refractivity contribution in [2.75, 3.05) is 6.61 Å². The van der Waals surface area contributed by atoms with Crippen LogP contribution in [0, 0.1) is 0 Å². The van der Waals surface area contributed by atoms with Gasteiger partial charge in [-0.25, -0.2) is 0 Å². The third kappa shape index (κ3) is 3.86. The number of aromatic nitrogens is 2. The van der Waals surface area contributed by atoms with Crippen LogP contribution in [-0.4, -0.2) is 27.6 Å². The van der Waals surface area contributed by atoms with Crippen LogP contribution in [0.1, 0.15) is 21.6 Å². The fraction of sp³-hybridized carbons (Fsp3) is 0.214. The van der Waals surface area contributed by atoms with E-state index in [0.29, 0.717) is 24.2 Å². The number of hydrogen-bond acceptors (Lipinski definition) is 4. The van der Waals surface area contributed by atoms with Crippen LogP contribution in [0.2, 0.25) is 0 Å². The van der Waals surface area contributed by atoms with E-state index in [2.05, 4.69) is 15.3 Å². The molecule has 98 valence electrons. The van der Waals surface area contributed by atoms with Gasteiger partial charge in [0.1, 0.15) is 0 Å². The maximum Gasteiger partial charge on any atom is 0.251 e. The summed E-state index contributed by atoms with van der Waals surface area (Å²) in [5, 5.41) is 11.7. The molecule has 0 saturated carbocycles. The molecule has 2 N–H and O–H groups in total. The number of aliphatic hydroxyl groups is 1. The number of nitrogens with zero attached hydrogens (tertiary/aromatic N) is 2. The van der Waals surface area contributed by atoms with Crippen molar-refractivity contribution in [3.05, 3.63) is 59.7 Å². The van der Waals surface area contributed by atoms with E-state index in [1.165, 1.54) is 0 Å². The summed E-state index contributed by atoms with van der Waals surface area (Å²) in [7, 11) is 0. The van der Waals surface area contributed by atoms with Gasteiger partial charge in [-0.2, -0.15) is 0 Å². The Morgan fingerprint density at radius 2 is 2.21 bits per heavy atom.